The third kappa shape index (κ3) is 3.64. The van der Waals surface area contributed by atoms with Crippen molar-refractivity contribution in [3.63, 3.8) is 0 Å². The van der Waals surface area contributed by atoms with E-state index < -0.39 is 22.6 Å². The Labute approximate surface area is 148 Å². The van der Waals surface area contributed by atoms with Gasteiger partial charge in [-0.15, -0.1) is 0 Å². The predicted octanol–water partition coefficient (Wildman–Crippen LogP) is -0.411. The molecule has 10 heteroatoms. The van der Waals surface area contributed by atoms with E-state index in [9.17, 15) is 30.5 Å². The number of piperazine rings is 1. The van der Waals surface area contributed by atoms with Gasteiger partial charge >= 0.3 is 5.82 Å². The minimum absolute atomic E-state index is 0.0787. The topological polar surface area (TPSA) is 143 Å². The van der Waals surface area contributed by atoms with Gasteiger partial charge in [-0.2, -0.15) is 0 Å². The number of pyridine rings is 1. The van der Waals surface area contributed by atoms with Gasteiger partial charge in [0.2, 0.25) is 0 Å². The SMILES string of the molecule is O=[N+]([O-])c1ccc(N2C(O)(O)CN(Cc3ccccc3)CC2(O)O)cn1. The van der Waals surface area contributed by atoms with Crippen LogP contribution in [0.5, 0.6) is 0 Å². The molecule has 1 aliphatic rings. The molecule has 4 N–H and O–H groups in total. The van der Waals surface area contributed by atoms with E-state index in [-0.39, 0.29) is 25.3 Å². The highest BCUT2D eigenvalue weighted by Gasteiger charge is 2.52. The van der Waals surface area contributed by atoms with Crippen molar-refractivity contribution in [2.24, 2.45) is 0 Å². The first-order chi connectivity index (χ1) is 12.2. The van der Waals surface area contributed by atoms with Crippen LogP contribution in [-0.2, 0) is 6.54 Å². The molecule has 0 saturated carbocycles. The van der Waals surface area contributed by atoms with E-state index >= 15 is 0 Å². The van der Waals surface area contributed by atoms with Crippen LogP contribution in [0, 0.1) is 10.1 Å². The molecule has 1 aromatic heterocycles. The number of hydrogen-bond donors (Lipinski definition) is 4. The van der Waals surface area contributed by atoms with E-state index in [1.807, 2.05) is 30.3 Å². The fraction of sp³-hybridized carbons (Fsp3) is 0.312. The van der Waals surface area contributed by atoms with Gasteiger partial charge < -0.3 is 30.5 Å². The summed E-state index contributed by atoms with van der Waals surface area (Å²) in [6, 6.07) is 11.4. The summed E-state index contributed by atoms with van der Waals surface area (Å²) in [5.74, 6) is -5.71. The van der Waals surface area contributed by atoms with E-state index in [2.05, 4.69) is 4.98 Å². The first-order valence-electron chi connectivity index (χ1n) is 7.76. The molecule has 2 aromatic rings. The van der Waals surface area contributed by atoms with Gasteiger partial charge in [-0.1, -0.05) is 30.3 Å². The summed E-state index contributed by atoms with van der Waals surface area (Å²) in [6.07, 6.45) is 0.980. The molecule has 2 heterocycles. The molecule has 26 heavy (non-hydrogen) atoms. The summed E-state index contributed by atoms with van der Waals surface area (Å²) in [5.41, 5.74) is 0.787. The minimum atomic E-state index is -2.63. The molecule has 1 aliphatic heterocycles. The zero-order valence-electron chi connectivity index (χ0n) is 13.6. The normalized spacial score (nSPS) is 19.3. The van der Waals surface area contributed by atoms with Crippen LogP contribution in [0.1, 0.15) is 5.56 Å². The second-order valence-electron chi connectivity index (χ2n) is 6.15. The molecule has 0 unspecified atom stereocenters. The molecule has 0 bridgehead atoms. The van der Waals surface area contributed by atoms with Crippen molar-refractivity contribution in [3.8, 4) is 0 Å². The molecule has 0 atom stereocenters. The molecule has 0 aliphatic carbocycles. The Hall–Kier alpha value is -2.63. The van der Waals surface area contributed by atoms with Gasteiger partial charge in [0.05, 0.1) is 18.8 Å². The lowest BCUT2D eigenvalue weighted by atomic mass is 10.1. The molecule has 10 nitrogen and oxygen atoms in total. The Balaban J connectivity index is 1.85. The number of nitro groups is 1. The van der Waals surface area contributed by atoms with Crippen molar-refractivity contribution in [1.29, 1.82) is 0 Å². The maximum absolute atomic E-state index is 10.7. The van der Waals surface area contributed by atoms with Gasteiger partial charge in [0.25, 0.3) is 11.8 Å². The van der Waals surface area contributed by atoms with Crippen LogP contribution in [-0.4, -0.2) is 60.1 Å². The second-order valence-corrected chi connectivity index (χ2v) is 6.15. The zero-order valence-corrected chi connectivity index (χ0v) is 13.6. The smallest absolute Gasteiger partial charge is 0.358 e. The van der Waals surface area contributed by atoms with Gasteiger partial charge in [-0.3, -0.25) is 9.80 Å². The van der Waals surface area contributed by atoms with Gasteiger partial charge in [0, 0.05) is 12.6 Å². The van der Waals surface area contributed by atoms with Crippen molar-refractivity contribution in [3.05, 3.63) is 64.3 Å². The van der Waals surface area contributed by atoms with Crippen molar-refractivity contribution >= 4 is 11.5 Å². The van der Waals surface area contributed by atoms with E-state index in [0.717, 1.165) is 17.8 Å². The number of nitrogens with zero attached hydrogens (tertiary/aromatic N) is 4. The summed E-state index contributed by atoms with van der Waals surface area (Å²) in [5, 5.41) is 52.3. The van der Waals surface area contributed by atoms with Gasteiger partial charge in [0.1, 0.15) is 0 Å². The Morgan fingerprint density at radius 1 is 1.04 bits per heavy atom. The fourth-order valence-electron chi connectivity index (χ4n) is 3.07. The maximum atomic E-state index is 10.7. The molecular weight excluding hydrogens is 344 g/mol. The summed E-state index contributed by atoms with van der Waals surface area (Å²) >= 11 is 0. The van der Waals surface area contributed by atoms with Crippen LogP contribution >= 0.6 is 0 Å². The largest absolute Gasteiger partial charge is 0.363 e. The lowest BCUT2D eigenvalue weighted by molar-refractivity contribution is -0.389. The van der Waals surface area contributed by atoms with Crippen LogP contribution in [0.15, 0.2) is 48.7 Å². The number of β-amino-alcohol motifs (C(OH)–C–C–N with tert-alkyl or cyclic N) is 4. The van der Waals surface area contributed by atoms with Crippen molar-refractivity contribution in [2.45, 2.75) is 18.4 Å². The van der Waals surface area contributed by atoms with E-state index in [4.69, 9.17) is 0 Å². The highest BCUT2D eigenvalue weighted by molar-refractivity contribution is 5.50. The quantitative estimate of drug-likeness (QED) is 0.324. The average Bonchev–Trinajstić information content (AvgIpc) is 2.54. The standard InChI is InChI=1S/C16H18N4O6/c21-15(22)10-18(9-12-4-2-1-3-5-12)11-16(23,24)19(15)13-6-7-14(17-8-13)20(25)26/h1-8,21-24H,9-11H2. The van der Waals surface area contributed by atoms with Crippen LogP contribution in [0.2, 0.25) is 0 Å². The predicted molar refractivity (Wildman–Crippen MR) is 89.4 cm³/mol. The Bertz CT molecular complexity index is 763. The van der Waals surface area contributed by atoms with E-state index in [1.165, 1.54) is 11.0 Å². The third-order valence-electron chi connectivity index (χ3n) is 4.01. The molecular formula is C16H18N4O6. The molecule has 3 rings (SSSR count). The lowest BCUT2D eigenvalue weighted by Gasteiger charge is -2.51. The van der Waals surface area contributed by atoms with Crippen LogP contribution in [0.25, 0.3) is 0 Å². The number of aromatic nitrogens is 1. The monoisotopic (exact) mass is 362 g/mol. The molecule has 0 amide bonds. The minimum Gasteiger partial charge on any atom is -0.358 e. The number of rotatable bonds is 4. The molecule has 1 aromatic carbocycles. The third-order valence-corrected chi connectivity index (χ3v) is 4.01. The summed E-state index contributed by atoms with van der Waals surface area (Å²) in [7, 11) is 0. The summed E-state index contributed by atoms with van der Waals surface area (Å²) in [6.45, 7) is -0.331. The van der Waals surface area contributed by atoms with Crippen molar-refractivity contribution < 1.29 is 25.3 Å². The maximum Gasteiger partial charge on any atom is 0.363 e. The first-order valence-corrected chi connectivity index (χ1v) is 7.76. The Morgan fingerprint density at radius 3 is 2.15 bits per heavy atom. The highest BCUT2D eigenvalue weighted by atomic mass is 16.6. The second kappa shape index (κ2) is 6.59. The lowest BCUT2D eigenvalue weighted by Crippen LogP contribution is -2.73. The van der Waals surface area contributed by atoms with E-state index in [1.54, 1.807) is 0 Å². The number of anilines is 1. The van der Waals surface area contributed by atoms with Crippen molar-refractivity contribution in [2.75, 3.05) is 18.0 Å². The van der Waals surface area contributed by atoms with Crippen LogP contribution in [0.4, 0.5) is 11.5 Å². The van der Waals surface area contributed by atoms with Crippen molar-refractivity contribution in [1.82, 2.24) is 9.88 Å². The number of hydrogen-bond acceptors (Lipinski definition) is 9. The molecule has 0 radical (unpaired) electrons. The Kier molecular flexibility index (Phi) is 4.61. The van der Waals surface area contributed by atoms with Gasteiger partial charge in [0.15, 0.2) is 6.20 Å². The van der Waals surface area contributed by atoms with Crippen LogP contribution in [0.3, 0.4) is 0 Å². The molecule has 1 saturated heterocycles. The van der Waals surface area contributed by atoms with E-state index in [0.29, 0.717) is 4.90 Å². The van der Waals surface area contributed by atoms with Gasteiger partial charge in [-0.25, -0.2) is 0 Å². The highest BCUT2D eigenvalue weighted by Crippen LogP contribution is 2.33. The first kappa shape index (κ1) is 18.2. The zero-order chi connectivity index (χ0) is 18.9. The summed E-state index contributed by atoms with van der Waals surface area (Å²) < 4.78 is 0. The fourth-order valence-corrected chi connectivity index (χ4v) is 3.07. The average molecular weight is 362 g/mol. The van der Waals surface area contributed by atoms with Crippen LogP contribution < -0.4 is 4.90 Å². The molecule has 0 spiro atoms. The number of benzene rings is 1. The molecule has 138 valence electrons. The Morgan fingerprint density at radius 2 is 1.65 bits per heavy atom. The molecule has 1 fully saturated rings. The van der Waals surface area contributed by atoms with Gasteiger partial charge in [-0.05, 0) is 21.5 Å². The number of aliphatic hydroxyl groups is 4. The summed E-state index contributed by atoms with van der Waals surface area (Å²) in [4.78, 5) is 15.6.